The summed E-state index contributed by atoms with van der Waals surface area (Å²) in [6, 6.07) is 0.850. The zero-order chi connectivity index (χ0) is 15.0. The summed E-state index contributed by atoms with van der Waals surface area (Å²) in [5.74, 6) is -1.52. The van der Waals surface area contributed by atoms with Gasteiger partial charge in [0.05, 0.1) is 12.6 Å². The van der Waals surface area contributed by atoms with E-state index in [0.717, 1.165) is 0 Å². The van der Waals surface area contributed by atoms with Gasteiger partial charge in [0, 0.05) is 6.92 Å². The number of carbonyl (C=O) groups is 2. The number of ether oxygens (including phenoxy) is 1. The van der Waals surface area contributed by atoms with Crippen molar-refractivity contribution in [1.29, 1.82) is 5.26 Å². The molecule has 106 valence electrons. The average Bonchev–Trinajstić information content (AvgIpc) is 2.28. The quantitative estimate of drug-likeness (QED) is 0.328. The molecular weight excluding hydrogens is 248 g/mol. The maximum absolute atomic E-state index is 11.5. The summed E-state index contributed by atoms with van der Waals surface area (Å²) < 4.78 is 4.68. The van der Waals surface area contributed by atoms with Gasteiger partial charge in [0.15, 0.2) is 5.57 Å². The predicted molar refractivity (Wildman–Crippen MR) is 69.0 cm³/mol. The second-order valence-corrected chi connectivity index (χ2v) is 4.48. The van der Waals surface area contributed by atoms with Gasteiger partial charge in [-0.3, -0.25) is 4.79 Å². The molecule has 19 heavy (non-hydrogen) atoms. The Morgan fingerprint density at radius 3 is 2.37 bits per heavy atom. The van der Waals surface area contributed by atoms with Crippen LogP contribution in [0.15, 0.2) is 11.3 Å². The first-order valence-electron chi connectivity index (χ1n) is 6.10. The lowest BCUT2D eigenvalue weighted by molar-refractivity contribution is -0.138. The fraction of sp³-hybridized carbons (Fsp3) is 0.615. The van der Waals surface area contributed by atoms with Gasteiger partial charge < -0.3 is 15.2 Å². The van der Waals surface area contributed by atoms with Crippen molar-refractivity contribution in [3.63, 3.8) is 0 Å². The third kappa shape index (κ3) is 5.91. The number of aliphatic hydroxyl groups is 1. The maximum Gasteiger partial charge on any atom is 0.352 e. The smallest absolute Gasteiger partial charge is 0.352 e. The Hall–Kier alpha value is -2.03. The third-order valence-corrected chi connectivity index (χ3v) is 2.26. The number of hydrogen-bond donors (Lipinski definition) is 2. The number of nitriles is 1. The summed E-state index contributed by atoms with van der Waals surface area (Å²) in [6.45, 7) is 6.81. The highest BCUT2D eigenvalue weighted by Gasteiger charge is 2.24. The Labute approximate surface area is 113 Å². The van der Waals surface area contributed by atoms with Gasteiger partial charge in [-0.25, -0.2) is 4.79 Å². The van der Waals surface area contributed by atoms with Gasteiger partial charge in [-0.1, -0.05) is 13.8 Å². The molecule has 0 aliphatic carbocycles. The van der Waals surface area contributed by atoms with Crippen LogP contribution in [0.1, 0.15) is 34.1 Å². The molecule has 0 saturated carbocycles. The van der Waals surface area contributed by atoms with Gasteiger partial charge in [-0.15, -0.1) is 0 Å². The molecule has 0 saturated heterocycles. The first-order valence-corrected chi connectivity index (χ1v) is 6.10. The molecule has 1 atom stereocenters. The summed E-state index contributed by atoms with van der Waals surface area (Å²) in [4.78, 5) is 22.6. The molecule has 0 fully saturated rings. The van der Waals surface area contributed by atoms with Crippen molar-refractivity contribution < 1.29 is 19.4 Å². The van der Waals surface area contributed by atoms with Crippen LogP contribution in [0.2, 0.25) is 0 Å². The molecule has 0 unspecified atom stereocenters. The molecule has 1 amide bonds. The zero-order valence-corrected chi connectivity index (χ0v) is 11.7. The highest BCUT2D eigenvalue weighted by molar-refractivity contribution is 5.93. The Morgan fingerprint density at radius 1 is 1.42 bits per heavy atom. The Bertz CT molecular complexity index is 407. The molecule has 6 heteroatoms. The molecule has 2 N–H and O–H groups in total. The molecule has 0 aliphatic rings. The van der Waals surface area contributed by atoms with E-state index in [4.69, 9.17) is 5.26 Å². The Morgan fingerprint density at radius 2 is 2.00 bits per heavy atom. The van der Waals surface area contributed by atoms with Gasteiger partial charge in [0.2, 0.25) is 5.91 Å². The predicted octanol–water partition coefficient (Wildman–Crippen LogP) is 1.44. The maximum atomic E-state index is 11.5. The molecule has 0 aromatic heterocycles. The number of hydrogen-bond acceptors (Lipinski definition) is 5. The lowest BCUT2D eigenvalue weighted by atomic mass is 9.99. The van der Waals surface area contributed by atoms with Crippen LogP contribution in [0.25, 0.3) is 0 Å². The van der Waals surface area contributed by atoms with E-state index in [-0.39, 0.29) is 18.4 Å². The number of aliphatic hydroxyl groups excluding tert-OH is 1. The van der Waals surface area contributed by atoms with Crippen molar-refractivity contribution >= 4 is 11.9 Å². The van der Waals surface area contributed by atoms with Crippen LogP contribution in [-0.2, 0) is 14.3 Å². The fourth-order valence-corrected chi connectivity index (χ4v) is 1.54. The minimum absolute atomic E-state index is 0.103. The second kappa shape index (κ2) is 8.14. The standard InChI is InChI=1S/C13H20N2O4/c1-5-19-13(18)10(7-14)12(17)11(6-8(2)3)15-9(4)16/h8,11,17H,5-6H2,1-4H3,(H,15,16)/b12-10-/t11-/m0/s1. The van der Waals surface area contributed by atoms with Crippen molar-refractivity contribution in [1.82, 2.24) is 5.32 Å². The van der Waals surface area contributed by atoms with Gasteiger partial charge in [-0.05, 0) is 19.3 Å². The summed E-state index contributed by atoms with van der Waals surface area (Å²) in [7, 11) is 0. The lowest BCUT2D eigenvalue weighted by Gasteiger charge is -2.19. The van der Waals surface area contributed by atoms with E-state index in [9.17, 15) is 14.7 Å². The van der Waals surface area contributed by atoms with Gasteiger partial charge in [0.25, 0.3) is 0 Å². The molecule has 0 heterocycles. The minimum Gasteiger partial charge on any atom is -0.508 e. The van der Waals surface area contributed by atoms with Crippen LogP contribution >= 0.6 is 0 Å². The number of nitrogens with zero attached hydrogens (tertiary/aromatic N) is 1. The molecule has 0 aliphatic heterocycles. The first-order chi connectivity index (χ1) is 8.83. The van der Waals surface area contributed by atoms with Crippen molar-refractivity contribution in [3.05, 3.63) is 11.3 Å². The molecule has 0 radical (unpaired) electrons. The molecule has 0 bridgehead atoms. The number of rotatable bonds is 6. The summed E-state index contributed by atoms with van der Waals surface area (Å²) in [6.07, 6.45) is 0.413. The van der Waals surface area contributed by atoms with Crippen LogP contribution in [0, 0.1) is 17.2 Å². The van der Waals surface area contributed by atoms with Crippen LogP contribution in [0.4, 0.5) is 0 Å². The minimum atomic E-state index is -0.887. The molecule has 0 aromatic carbocycles. The molecule has 0 rings (SSSR count). The SMILES string of the molecule is CCOC(=O)/C(C#N)=C(\O)[C@H](CC(C)C)NC(C)=O. The average molecular weight is 268 g/mol. The van der Waals surface area contributed by atoms with E-state index < -0.39 is 23.3 Å². The van der Waals surface area contributed by atoms with Crippen LogP contribution in [-0.4, -0.2) is 29.6 Å². The molecule has 0 spiro atoms. The number of nitrogens with one attached hydrogen (secondary N) is 1. The van der Waals surface area contributed by atoms with Crippen LogP contribution in [0.3, 0.4) is 0 Å². The first kappa shape index (κ1) is 17.0. The van der Waals surface area contributed by atoms with Crippen molar-refractivity contribution in [2.75, 3.05) is 6.61 Å². The third-order valence-electron chi connectivity index (χ3n) is 2.26. The van der Waals surface area contributed by atoms with E-state index in [1.807, 2.05) is 13.8 Å². The Balaban J connectivity index is 5.31. The van der Waals surface area contributed by atoms with E-state index in [2.05, 4.69) is 10.1 Å². The number of amides is 1. The summed E-state index contributed by atoms with van der Waals surface area (Å²) >= 11 is 0. The summed E-state index contributed by atoms with van der Waals surface area (Å²) in [5.41, 5.74) is -0.471. The van der Waals surface area contributed by atoms with Gasteiger partial charge in [-0.2, -0.15) is 5.26 Å². The Kier molecular flexibility index (Phi) is 7.27. The van der Waals surface area contributed by atoms with Crippen LogP contribution in [0.5, 0.6) is 0 Å². The van der Waals surface area contributed by atoms with Crippen LogP contribution < -0.4 is 5.32 Å². The molecule has 6 nitrogen and oxygen atoms in total. The van der Waals surface area contributed by atoms with E-state index in [1.54, 1.807) is 13.0 Å². The molecule has 0 aromatic rings. The zero-order valence-electron chi connectivity index (χ0n) is 11.7. The lowest BCUT2D eigenvalue weighted by Crippen LogP contribution is -2.37. The topological polar surface area (TPSA) is 99.4 Å². The number of esters is 1. The van der Waals surface area contributed by atoms with Gasteiger partial charge in [0.1, 0.15) is 11.8 Å². The highest BCUT2D eigenvalue weighted by atomic mass is 16.5. The highest BCUT2D eigenvalue weighted by Crippen LogP contribution is 2.15. The normalized spacial score (nSPS) is 13.3. The van der Waals surface area contributed by atoms with E-state index >= 15 is 0 Å². The van der Waals surface area contributed by atoms with Crippen molar-refractivity contribution in [3.8, 4) is 6.07 Å². The fourth-order valence-electron chi connectivity index (χ4n) is 1.54. The van der Waals surface area contributed by atoms with Gasteiger partial charge >= 0.3 is 5.97 Å². The van der Waals surface area contributed by atoms with Crippen molar-refractivity contribution in [2.45, 2.75) is 40.2 Å². The molecular formula is C13H20N2O4. The second-order valence-electron chi connectivity index (χ2n) is 4.48. The number of carbonyl (C=O) groups excluding carboxylic acids is 2. The monoisotopic (exact) mass is 268 g/mol. The largest absolute Gasteiger partial charge is 0.508 e. The van der Waals surface area contributed by atoms with E-state index in [0.29, 0.717) is 6.42 Å². The van der Waals surface area contributed by atoms with Crippen molar-refractivity contribution in [2.24, 2.45) is 5.92 Å². The summed E-state index contributed by atoms with van der Waals surface area (Å²) in [5, 5.41) is 21.5. The van der Waals surface area contributed by atoms with E-state index in [1.165, 1.54) is 6.92 Å².